The Morgan fingerprint density at radius 2 is 2.31 bits per heavy atom. The van der Waals surface area contributed by atoms with Crippen LogP contribution in [0, 0.1) is 3.57 Å². The maximum atomic E-state index is 6.10. The number of nitrogens with one attached hydrogen (secondary N) is 1. The fourth-order valence-corrected chi connectivity index (χ4v) is 2.21. The molecule has 84 valence electrons. The molecule has 0 bridgehead atoms. The molecule has 1 N–H and O–H groups in total. The average Bonchev–Trinajstić information content (AvgIpc) is 2.63. The Bertz CT molecular complexity index is 497. The summed E-state index contributed by atoms with van der Waals surface area (Å²) in [5.41, 5.74) is 0.907. The van der Waals surface area contributed by atoms with Gasteiger partial charge in [0.15, 0.2) is 0 Å². The predicted molar refractivity (Wildman–Crippen MR) is 72.5 cm³/mol. The second-order valence-electron chi connectivity index (χ2n) is 3.28. The summed E-state index contributed by atoms with van der Waals surface area (Å²) in [4.78, 5) is 4.12. The van der Waals surface area contributed by atoms with Crippen LogP contribution in [0.2, 0.25) is 5.02 Å². The zero-order chi connectivity index (χ0) is 11.5. The second kappa shape index (κ2) is 5.01. The molecule has 4 nitrogen and oxygen atoms in total. The number of halogens is 2. The number of aryl methyl sites for hydroxylation is 1. The minimum Gasteiger partial charge on any atom is -0.377 e. The second-order valence-corrected chi connectivity index (χ2v) is 4.93. The van der Waals surface area contributed by atoms with E-state index in [1.54, 1.807) is 4.68 Å². The fourth-order valence-electron chi connectivity index (χ4n) is 1.29. The summed E-state index contributed by atoms with van der Waals surface area (Å²) >= 11 is 8.33. The van der Waals surface area contributed by atoms with Crippen LogP contribution in [-0.4, -0.2) is 14.8 Å². The topological polar surface area (TPSA) is 42.7 Å². The van der Waals surface area contributed by atoms with Crippen LogP contribution in [-0.2, 0) is 13.6 Å². The maximum Gasteiger partial charge on any atom is 0.145 e. The van der Waals surface area contributed by atoms with Crippen molar-refractivity contribution in [3.05, 3.63) is 38.9 Å². The summed E-state index contributed by atoms with van der Waals surface area (Å²) in [6.45, 7) is 0.608. The monoisotopic (exact) mass is 348 g/mol. The first kappa shape index (κ1) is 11.7. The van der Waals surface area contributed by atoms with Crippen LogP contribution in [0.1, 0.15) is 5.82 Å². The molecule has 6 heteroatoms. The van der Waals surface area contributed by atoms with Gasteiger partial charge in [0.1, 0.15) is 12.2 Å². The molecule has 0 aliphatic heterocycles. The largest absolute Gasteiger partial charge is 0.377 e. The van der Waals surface area contributed by atoms with Gasteiger partial charge in [-0.3, -0.25) is 4.68 Å². The maximum absolute atomic E-state index is 6.10. The minimum absolute atomic E-state index is 0.608. The highest BCUT2D eigenvalue weighted by Gasteiger charge is 2.03. The van der Waals surface area contributed by atoms with Crippen LogP contribution in [0.5, 0.6) is 0 Å². The van der Waals surface area contributed by atoms with Crippen molar-refractivity contribution in [2.45, 2.75) is 6.54 Å². The van der Waals surface area contributed by atoms with E-state index >= 15 is 0 Å². The number of nitrogens with zero attached hydrogens (tertiary/aromatic N) is 3. The molecule has 1 heterocycles. The van der Waals surface area contributed by atoms with Gasteiger partial charge in [-0.1, -0.05) is 11.6 Å². The standard InChI is InChI=1S/C10H10ClIN4/c1-16-10(14-6-15-16)5-13-9-3-2-7(12)4-8(9)11/h2-4,6,13H,5H2,1H3. The highest BCUT2D eigenvalue weighted by Crippen LogP contribution is 2.24. The molecule has 0 atom stereocenters. The van der Waals surface area contributed by atoms with Crippen molar-refractivity contribution in [1.29, 1.82) is 0 Å². The van der Waals surface area contributed by atoms with Gasteiger partial charge in [-0.25, -0.2) is 4.98 Å². The van der Waals surface area contributed by atoms with Gasteiger partial charge < -0.3 is 5.32 Å². The lowest BCUT2D eigenvalue weighted by Gasteiger charge is -2.07. The first-order valence-corrected chi connectivity index (χ1v) is 6.14. The number of benzene rings is 1. The summed E-state index contributed by atoms with van der Waals surface area (Å²) in [5, 5.41) is 7.94. The molecule has 2 aromatic rings. The molecule has 1 aromatic heterocycles. The van der Waals surface area contributed by atoms with Gasteiger partial charge in [-0.05, 0) is 40.8 Å². The van der Waals surface area contributed by atoms with E-state index in [1.807, 2.05) is 25.2 Å². The van der Waals surface area contributed by atoms with Crippen molar-refractivity contribution in [3.63, 3.8) is 0 Å². The van der Waals surface area contributed by atoms with Crippen LogP contribution in [0.15, 0.2) is 24.5 Å². The number of hydrogen-bond donors (Lipinski definition) is 1. The highest BCUT2D eigenvalue weighted by atomic mass is 127. The van der Waals surface area contributed by atoms with Gasteiger partial charge >= 0.3 is 0 Å². The number of aromatic nitrogens is 3. The van der Waals surface area contributed by atoms with Crippen LogP contribution in [0.4, 0.5) is 5.69 Å². The van der Waals surface area contributed by atoms with E-state index in [4.69, 9.17) is 11.6 Å². The summed E-state index contributed by atoms with van der Waals surface area (Å²) in [6, 6.07) is 5.88. The summed E-state index contributed by atoms with van der Waals surface area (Å²) in [6.07, 6.45) is 1.53. The average molecular weight is 349 g/mol. The summed E-state index contributed by atoms with van der Waals surface area (Å²) in [5.74, 6) is 0.870. The van der Waals surface area contributed by atoms with Gasteiger partial charge in [0.05, 0.1) is 17.3 Å². The van der Waals surface area contributed by atoms with Crippen LogP contribution >= 0.6 is 34.2 Å². The fraction of sp³-hybridized carbons (Fsp3) is 0.200. The first-order chi connectivity index (χ1) is 7.66. The predicted octanol–water partition coefficient (Wildman–Crippen LogP) is 2.69. The minimum atomic E-state index is 0.608. The molecule has 0 aliphatic rings. The van der Waals surface area contributed by atoms with Crippen molar-refractivity contribution < 1.29 is 0 Å². The molecule has 16 heavy (non-hydrogen) atoms. The van der Waals surface area contributed by atoms with E-state index < -0.39 is 0 Å². The van der Waals surface area contributed by atoms with E-state index in [0.29, 0.717) is 11.6 Å². The van der Waals surface area contributed by atoms with Crippen molar-refractivity contribution in [2.75, 3.05) is 5.32 Å². The normalized spacial score (nSPS) is 10.4. The Kier molecular flexibility index (Phi) is 3.65. The molecular formula is C10H10ClIN4. The smallest absolute Gasteiger partial charge is 0.145 e. The Balaban J connectivity index is 2.08. The van der Waals surface area contributed by atoms with E-state index in [1.165, 1.54) is 6.33 Å². The number of anilines is 1. The first-order valence-electron chi connectivity index (χ1n) is 4.68. The number of rotatable bonds is 3. The van der Waals surface area contributed by atoms with Crippen molar-refractivity contribution in [3.8, 4) is 0 Å². The van der Waals surface area contributed by atoms with E-state index in [0.717, 1.165) is 15.1 Å². The van der Waals surface area contributed by atoms with Gasteiger partial charge in [-0.2, -0.15) is 5.10 Å². The quantitative estimate of drug-likeness (QED) is 0.867. The zero-order valence-electron chi connectivity index (χ0n) is 8.61. The molecule has 0 fully saturated rings. The van der Waals surface area contributed by atoms with Crippen molar-refractivity contribution in [2.24, 2.45) is 7.05 Å². The van der Waals surface area contributed by atoms with Gasteiger partial charge in [-0.15, -0.1) is 0 Å². The highest BCUT2D eigenvalue weighted by molar-refractivity contribution is 14.1. The Morgan fingerprint density at radius 3 is 2.94 bits per heavy atom. The lowest BCUT2D eigenvalue weighted by atomic mass is 10.3. The van der Waals surface area contributed by atoms with Crippen LogP contribution in [0.25, 0.3) is 0 Å². The molecule has 0 saturated heterocycles. The summed E-state index contributed by atoms with van der Waals surface area (Å²) in [7, 11) is 1.86. The molecule has 0 radical (unpaired) electrons. The third-order valence-corrected chi connectivity index (χ3v) is 3.16. The molecule has 1 aromatic carbocycles. The van der Waals surface area contributed by atoms with Crippen molar-refractivity contribution in [1.82, 2.24) is 14.8 Å². The molecule has 0 saturated carbocycles. The van der Waals surface area contributed by atoms with Gasteiger partial charge in [0.2, 0.25) is 0 Å². The molecule has 0 spiro atoms. The molecule has 2 rings (SSSR count). The Labute approximate surface area is 112 Å². The van der Waals surface area contributed by atoms with E-state index in [2.05, 4.69) is 38.0 Å². The lowest BCUT2D eigenvalue weighted by molar-refractivity contribution is 0.712. The summed E-state index contributed by atoms with van der Waals surface area (Å²) < 4.78 is 2.85. The molecule has 0 amide bonds. The zero-order valence-corrected chi connectivity index (χ0v) is 11.5. The molecular weight excluding hydrogens is 338 g/mol. The van der Waals surface area contributed by atoms with E-state index in [9.17, 15) is 0 Å². The molecule has 0 aliphatic carbocycles. The van der Waals surface area contributed by atoms with Crippen LogP contribution in [0.3, 0.4) is 0 Å². The van der Waals surface area contributed by atoms with Gasteiger partial charge in [0.25, 0.3) is 0 Å². The third kappa shape index (κ3) is 2.65. The number of hydrogen-bond acceptors (Lipinski definition) is 3. The third-order valence-electron chi connectivity index (χ3n) is 2.17. The van der Waals surface area contributed by atoms with Crippen molar-refractivity contribution >= 4 is 39.9 Å². The van der Waals surface area contributed by atoms with Gasteiger partial charge in [0, 0.05) is 10.6 Å². The molecule has 0 unspecified atom stereocenters. The lowest BCUT2D eigenvalue weighted by Crippen LogP contribution is -2.07. The van der Waals surface area contributed by atoms with Crippen LogP contribution < -0.4 is 5.32 Å². The van der Waals surface area contributed by atoms with E-state index in [-0.39, 0.29) is 0 Å². The Morgan fingerprint density at radius 1 is 1.50 bits per heavy atom. The SMILES string of the molecule is Cn1ncnc1CNc1ccc(I)cc1Cl. The Hall–Kier alpha value is -0.820.